The molecule has 0 aliphatic heterocycles. The minimum absolute atomic E-state index is 0.0800. The van der Waals surface area contributed by atoms with Crippen molar-refractivity contribution >= 4 is 17.7 Å². The van der Waals surface area contributed by atoms with E-state index in [1.54, 1.807) is 0 Å². The molecule has 0 bridgehead atoms. The molecule has 1 rings (SSSR count). The lowest BCUT2D eigenvalue weighted by Crippen LogP contribution is -2.25. The molecule has 0 saturated heterocycles. The first-order chi connectivity index (χ1) is 9.11. The van der Waals surface area contributed by atoms with E-state index in [1.807, 2.05) is 36.0 Å². The lowest BCUT2D eigenvalue weighted by Gasteiger charge is -2.13. The molecular weight excluding hydrogens is 260 g/mol. The lowest BCUT2D eigenvalue weighted by atomic mass is 10.2. The van der Waals surface area contributed by atoms with Crippen LogP contribution in [-0.2, 0) is 11.3 Å². The SMILES string of the molecule is CSCCC(C)NCc1ccc(OCC(N)=O)cc1. The zero-order valence-corrected chi connectivity index (χ0v) is 12.3. The minimum Gasteiger partial charge on any atom is -0.484 e. The molecule has 1 unspecified atom stereocenters. The molecule has 4 nitrogen and oxygen atoms in total. The monoisotopic (exact) mass is 282 g/mol. The van der Waals surface area contributed by atoms with Crippen LogP contribution in [0.15, 0.2) is 24.3 Å². The van der Waals surface area contributed by atoms with Crippen molar-refractivity contribution in [3.8, 4) is 5.75 Å². The lowest BCUT2D eigenvalue weighted by molar-refractivity contribution is -0.119. The Labute approximate surface area is 119 Å². The average molecular weight is 282 g/mol. The van der Waals surface area contributed by atoms with E-state index in [0.29, 0.717) is 11.8 Å². The Morgan fingerprint density at radius 3 is 2.68 bits per heavy atom. The highest BCUT2D eigenvalue weighted by molar-refractivity contribution is 7.98. The maximum absolute atomic E-state index is 10.6. The Bertz CT molecular complexity index is 382. The van der Waals surface area contributed by atoms with Crippen LogP contribution < -0.4 is 15.8 Å². The van der Waals surface area contributed by atoms with Crippen molar-refractivity contribution in [1.82, 2.24) is 5.32 Å². The maximum atomic E-state index is 10.6. The van der Waals surface area contributed by atoms with Crippen LogP contribution in [0.3, 0.4) is 0 Å². The smallest absolute Gasteiger partial charge is 0.255 e. The van der Waals surface area contributed by atoms with Crippen molar-refractivity contribution in [3.05, 3.63) is 29.8 Å². The Morgan fingerprint density at radius 1 is 1.42 bits per heavy atom. The van der Waals surface area contributed by atoms with E-state index in [4.69, 9.17) is 10.5 Å². The van der Waals surface area contributed by atoms with Crippen molar-refractivity contribution in [3.63, 3.8) is 0 Å². The van der Waals surface area contributed by atoms with Crippen molar-refractivity contribution in [2.45, 2.75) is 25.9 Å². The number of rotatable bonds is 9. The Kier molecular flexibility index (Phi) is 7.36. The molecule has 0 saturated carbocycles. The largest absolute Gasteiger partial charge is 0.484 e. The van der Waals surface area contributed by atoms with E-state index >= 15 is 0 Å². The van der Waals surface area contributed by atoms with Crippen molar-refractivity contribution in [1.29, 1.82) is 0 Å². The molecule has 0 spiro atoms. The third-order valence-electron chi connectivity index (χ3n) is 2.71. The molecule has 0 aliphatic rings. The molecule has 5 heteroatoms. The number of carbonyl (C=O) groups excluding carboxylic acids is 1. The van der Waals surface area contributed by atoms with Crippen LogP contribution in [0.25, 0.3) is 0 Å². The van der Waals surface area contributed by atoms with Crippen LogP contribution in [0.5, 0.6) is 5.75 Å². The Hall–Kier alpha value is -1.20. The van der Waals surface area contributed by atoms with Gasteiger partial charge in [-0.1, -0.05) is 12.1 Å². The molecule has 0 heterocycles. The molecule has 19 heavy (non-hydrogen) atoms. The third-order valence-corrected chi connectivity index (χ3v) is 3.36. The molecule has 1 atom stereocenters. The molecule has 0 aromatic heterocycles. The van der Waals surface area contributed by atoms with E-state index < -0.39 is 5.91 Å². The van der Waals surface area contributed by atoms with Gasteiger partial charge in [0.1, 0.15) is 5.75 Å². The normalized spacial score (nSPS) is 12.1. The molecule has 0 aliphatic carbocycles. The molecular formula is C14H22N2O2S. The van der Waals surface area contributed by atoms with Gasteiger partial charge in [-0.05, 0) is 43.0 Å². The summed E-state index contributed by atoms with van der Waals surface area (Å²) in [5, 5.41) is 3.48. The average Bonchev–Trinajstić information content (AvgIpc) is 2.41. The topological polar surface area (TPSA) is 64.3 Å². The molecule has 3 N–H and O–H groups in total. The summed E-state index contributed by atoms with van der Waals surface area (Å²) in [5.41, 5.74) is 6.21. The first-order valence-corrected chi connectivity index (χ1v) is 7.73. The Balaban J connectivity index is 2.33. The molecule has 1 amide bonds. The summed E-state index contributed by atoms with van der Waals surface area (Å²) in [6.45, 7) is 2.95. The summed E-state index contributed by atoms with van der Waals surface area (Å²) in [6, 6.07) is 8.20. The zero-order valence-electron chi connectivity index (χ0n) is 11.5. The van der Waals surface area contributed by atoms with E-state index in [2.05, 4.69) is 18.5 Å². The van der Waals surface area contributed by atoms with E-state index in [1.165, 1.54) is 17.7 Å². The second-order valence-corrected chi connectivity index (χ2v) is 5.45. The Morgan fingerprint density at radius 2 is 2.11 bits per heavy atom. The summed E-state index contributed by atoms with van der Waals surface area (Å²) in [7, 11) is 0. The molecule has 0 fully saturated rings. The number of hydrogen-bond acceptors (Lipinski definition) is 4. The van der Waals surface area contributed by atoms with Gasteiger partial charge in [0.25, 0.3) is 5.91 Å². The summed E-state index contributed by atoms with van der Waals surface area (Å²) in [4.78, 5) is 10.6. The zero-order chi connectivity index (χ0) is 14.1. The predicted molar refractivity (Wildman–Crippen MR) is 80.4 cm³/mol. The number of carbonyl (C=O) groups is 1. The van der Waals surface area contributed by atoms with Crippen LogP contribution in [0.1, 0.15) is 18.9 Å². The summed E-state index contributed by atoms with van der Waals surface area (Å²) < 4.78 is 5.20. The van der Waals surface area contributed by atoms with Gasteiger partial charge >= 0.3 is 0 Å². The summed E-state index contributed by atoms with van der Waals surface area (Å²) in [5.74, 6) is 1.37. The van der Waals surface area contributed by atoms with E-state index in [0.717, 1.165) is 6.54 Å². The molecule has 0 radical (unpaired) electrons. The van der Waals surface area contributed by atoms with Gasteiger partial charge in [-0.25, -0.2) is 0 Å². The van der Waals surface area contributed by atoms with Crippen molar-refractivity contribution in [2.75, 3.05) is 18.6 Å². The van der Waals surface area contributed by atoms with Crippen molar-refractivity contribution < 1.29 is 9.53 Å². The van der Waals surface area contributed by atoms with E-state index in [9.17, 15) is 4.79 Å². The van der Waals surface area contributed by atoms with Gasteiger partial charge in [-0.2, -0.15) is 11.8 Å². The second kappa shape index (κ2) is 8.82. The van der Waals surface area contributed by atoms with Gasteiger partial charge in [-0.3, -0.25) is 4.79 Å². The highest BCUT2D eigenvalue weighted by atomic mass is 32.2. The quantitative estimate of drug-likeness (QED) is 0.724. The number of thioether (sulfide) groups is 1. The number of benzene rings is 1. The summed E-state index contributed by atoms with van der Waals surface area (Å²) >= 11 is 1.87. The number of amides is 1. The fraction of sp³-hybridized carbons (Fsp3) is 0.500. The van der Waals surface area contributed by atoms with Crippen molar-refractivity contribution in [2.24, 2.45) is 5.73 Å². The first kappa shape index (κ1) is 15.9. The van der Waals surface area contributed by atoms with Gasteiger partial charge in [0.2, 0.25) is 0 Å². The predicted octanol–water partition coefficient (Wildman–Crippen LogP) is 1.78. The van der Waals surface area contributed by atoms with E-state index in [-0.39, 0.29) is 6.61 Å². The molecule has 1 aromatic rings. The molecule has 1 aromatic carbocycles. The number of hydrogen-bond donors (Lipinski definition) is 2. The number of nitrogens with one attached hydrogen (secondary N) is 1. The van der Waals surface area contributed by atoms with Gasteiger partial charge in [0.15, 0.2) is 6.61 Å². The number of nitrogens with two attached hydrogens (primary N) is 1. The fourth-order valence-corrected chi connectivity index (χ4v) is 2.14. The first-order valence-electron chi connectivity index (χ1n) is 6.34. The van der Waals surface area contributed by atoms with Crippen LogP contribution in [0.4, 0.5) is 0 Å². The van der Waals surface area contributed by atoms with Gasteiger partial charge in [-0.15, -0.1) is 0 Å². The van der Waals surface area contributed by atoms with Gasteiger partial charge in [0, 0.05) is 12.6 Å². The van der Waals surface area contributed by atoms with Crippen LogP contribution in [0, 0.1) is 0 Å². The van der Waals surface area contributed by atoms with Gasteiger partial charge in [0.05, 0.1) is 0 Å². The maximum Gasteiger partial charge on any atom is 0.255 e. The van der Waals surface area contributed by atoms with Gasteiger partial charge < -0.3 is 15.8 Å². The number of primary amides is 1. The highest BCUT2D eigenvalue weighted by Crippen LogP contribution is 2.12. The summed E-state index contributed by atoms with van der Waals surface area (Å²) in [6.07, 6.45) is 3.29. The fourth-order valence-electron chi connectivity index (χ4n) is 1.55. The molecule has 106 valence electrons. The third kappa shape index (κ3) is 7.08. The van der Waals surface area contributed by atoms with Crippen LogP contribution in [0.2, 0.25) is 0 Å². The highest BCUT2D eigenvalue weighted by Gasteiger charge is 2.02. The minimum atomic E-state index is -0.464. The van der Waals surface area contributed by atoms with Crippen LogP contribution >= 0.6 is 11.8 Å². The standard InChI is InChI=1S/C14H22N2O2S/c1-11(7-8-19-2)16-9-12-3-5-13(6-4-12)18-10-14(15)17/h3-6,11,16H,7-10H2,1-2H3,(H2,15,17). The van der Waals surface area contributed by atoms with Crippen LogP contribution in [-0.4, -0.2) is 30.6 Å². The second-order valence-electron chi connectivity index (χ2n) is 4.46. The number of ether oxygens (including phenoxy) is 1.